The molecule has 3 aliphatic rings. The molecule has 1 heteroatoms. The molecule has 0 bridgehead atoms. The molecule has 0 saturated carbocycles. The van der Waals surface area contributed by atoms with Gasteiger partial charge in [-0.25, -0.2) is 0 Å². The molecule has 0 atom stereocenters. The van der Waals surface area contributed by atoms with Crippen molar-refractivity contribution in [2.45, 2.75) is 24.7 Å². The molecule has 0 saturated heterocycles. The molecule has 0 heterocycles. The third kappa shape index (κ3) is 5.52. The molecule has 0 aliphatic heterocycles. The van der Waals surface area contributed by atoms with E-state index >= 15 is 0 Å². The van der Waals surface area contributed by atoms with Crippen molar-refractivity contribution >= 4 is 17.1 Å². The topological polar surface area (TPSA) is 3.24 Å². The van der Waals surface area contributed by atoms with Crippen LogP contribution in [0.3, 0.4) is 0 Å². The lowest BCUT2D eigenvalue weighted by Crippen LogP contribution is -2.26. The minimum atomic E-state index is -0.438. The Morgan fingerprint density at radius 3 is 1.06 bits per heavy atom. The molecule has 3 aliphatic carbocycles. The Morgan fingerprint density at radius 2 is 0.585 bits per heavy atom. The molecule has 1 spiro atoms. The minimum Gasteiger partial charge on any atom is -0.310 e. The first kappa shape index (κ1) is 37.5. The summed E-state index contributed by atoms with van der Waals surface area (Å²) in [6.07, 6.45) is 0. The molecule has 1 nitrogen and oxygen atoms in total. The molecule has 306 valence electrons. The van der Waals surface area contributed by atoms with Gasteiger partial charge in [-0.15, -0.1) is 0 Å². The number of anilines is 3. The van der Waals surface area contributed by atoms with Gasteiger partial charge < -0.3 is 4.90 Å². The van der Waals surface area contributed by atoms with E-state index in [4.69, 9.17) is 0 Å². The maximum absolute atomic E-state index is 2.50. The Labute approximate surface area is 381 Å². The summed E-state index contributed by atoms with van der Waals surface area (Å²) in [5.41, 5.74) is 26.0. The fourth-order valence-corrected chi connectivity index (χ4v) is 11.7. The molecule has 10 aromatic rings. The number of hydrogen-bond donors (Lipinski definition) is 0. The second kappa shape index (κ2) is 14.3. The van der Waals surface area contributed by atoms with Crippen LogP contribution >= 0.6 is 0 Å². The van der Waals surface area contributed by atoms with Gasteiger partial charge in [0.1, 0.15) is 0 Å². The zero-order valence-corrected chi connectivity index (χ0v) is 36.5. The van der Waals surface area contributed by atoms with Crippen LogP contribution in [0.2, 0.25) is 0 Å². The number of hydrogen-bond acceptors (Lipinski definition) is 1. The SMILES string of the molecule is CC1(C)c2ccccc2-c2ccc(N(c3ccc(-c4cc(-c5ccccc5)cc(-c5ccccc5)c4)cc3)c3ccc4c(c3)C3(c5ccccc5-c5ccccc53)c3ccccc3-4)cc21. The minimum absolute atomic E-state index is 0.140. The van der Waals surface area contributed by atoms with Crippen molar-refractivity contribution in [2.24, 2.45) is 0 Å². The number of rotatable bonds is 6. The third-order valence-corrected chi connectivity index (χ3v) is 14.7. The van der Waals surface area contributed by atoms with Gasteiger partial charge in [0.05, 0.1) is 5.41 Å². The van der Waals surface area contributed by atoms with E-state index < -0.39 is 5.41 Å². The van der Waals surface area contributed by atoms with E-state index in [0.29, 0.717) is 0 Å². The molecular weight excluding hydrogens is 783 g/mol. The van der Waals surface area contributed by atoms with Crippen LogP contribution < -0.4 is 4.90 Å². The van der Waals surface area contributed by atoms with Crippen molar-refractivity contribution in [2.75, 3.05) is 4.90 Å². The standard InChI is InChI=1S/C64H45N/c1-63(2)57-25-13-9-21-51(57)55-35-33-49(40-61(55)63)65(48-31-29-44(30-32-48)47-38-45(42-17-5-3-6-18-42)37-46(39-47)43-19-7-4-8-20-43)50-34-36-56-54-24-12-16-28-60(54)64(62(56)41-50)58-26-14-10-22-52(58)53-23-11-15-27-59(53)64/h3-41H,1-2H3. The summed E-state index contributed by atoms with van der Waals surface area (Å²) in [6, 6.07) is 88.2. The lowest BCUT2D eigenvalue weighted by Gasteiger charge is -2.32. The lowest BCUT2D eigenvalue weighted by molar-refractivity contribution is 0.660. The van der Waals surface area contributed by atoms with Gasteiger partial charge in [0.2, 0.25) is 0 Å². The summed E-state index contributed by atoms with van der Waals surface area (Å²) in [5.74, 6) is 0. The molecule has 0 unspecified atom stereocenters. The van der Waals surface area contributed by atoms with E-state index in [1.807, 2.05) is 0 Å². The van der Waals surface area contributed by atoms with Crippen molar-refractivity contribution in [1.29, 1.82) is 0 Å². The molecule has 65 heavy (non-hydrogen) atoms. The van der Waals surface area contributed by atoms with Gasteiger partial charge in [-0.3, -0.25) is 0 Å². The predicted molar refractivity (Wildman–Crippen MR) is 271 cm³/mol. The molecule has 0 aromatic heterocycles. The van der Waals surface area contributed by atoms with E-state index in [2.05, 4.69) is 255 Å². The van der Waals surface area contributed by atoms with Crippen molar-refractivity contribution in [3.8, 4) is 66.8 Å². The van der Waals surface area contributed by atoms with Crippen molar-refractivity contribution in [3.05, 3.63) is 270 Å². The van der Waals surface area contributed by atoms with Gasteiger partial charge in [-0.05, 0) is 155 Å². The van der Waals surface area contributed by atoms with Crippen molar-refractivity contribution in [1.82, 2.24) is 0 Å². The average Bonchev–Trinajstić information content (AvgIpc) is 3.93. The zero-order chi connectivity index (χ0) is 43.3. The summed E-state index contributed by atoms with van der Waals surface area (Å²) in [4.78, 5) is 2.49. The molecule has 0 N–H and O–H groups in total. The third-order valence-electron chi connectivity index (χ3n) is 14.7. The summed E-state index contributed by atoms with van der Waals surface area (Å²) in [7, 11) is 0. The van der Waals surface area contributed by atoms with E-state index in [-0.39, 0.29) is 5.41 Å². The summed E-state index contributed by atoms with van der Waals surface area (Å²) >= 11 is 0. The van der Waals surface area contributed by atoms with Crippen LogP contribution in [0.4, 0.5) is 17.1 Å². The molecule has 13 rings (SSSR count). The monoisotopic (exact) mass is 827 g/mol. The normalized spacial score (nSPS) is 13.9. The second-order valence-electron chi connectivity index (χ2n) is 18.4. The second-order valence-corrected chi connectivity index (χ2v) is 18.4. The van der Waals surface area contributed by atoms with Crippen molar-refractivity contribution < 1.29 is 0 Å². The number of nitrogens with zero attached hydrogens (tertiary/aromatic N) is 1. The fourth-order valence-electron chi connectivity index (χ4n) is 11.7. The van der Waals surface area contributed by atoms with Crippen LogP contribution in [-0.2, 0) is 10.8 Å². The first-order valence-corrected chi connectivity index (χ1v) is 22.8. The highest BCUT2D eigenvalue weighted by Gasteiger charge is 2.51. The first-order chi connectivity index (χ1) is 32.0. The molecule has 0 radical (unpaired) electrons. The highest BCUT2D eigenvalue weighted by molar-refractivity contribution is 5.97. The maximum atomic E-state index is 2.50. The van der Waals surface area contributed by atoms with E-state index in [0.717, 1.165) is 17.1 Å². The largest absolute Gasteiger partial charge is 0.310 e. The average molecular weight is 828 g/mol. The quantitative estimate of drug-likeness (QED) is 0.161. The summed E-state index contributed by atoms with van der Waals surface area (Å²) in [5, 5.41) is 0. The summed E-state index contributed by atoms with van der Waals surface area (Å²) < 4.78 is 0. The van der Waals surface area contributed by atoms with Gasteiger partial charge in [-0.2, -0.15) is 0 Å². The Balaban J connectivity index is 1.01. The Kier molecular flexibility index (Phi) is 8.24. The van der Waals surface area contributed by atoms with Gasteiger partial charge in [0.25, 0.3) is 0 Å². The lowest BCUT2D eigenvalue weighted by atomic mass is 9.70. The van der Waals surface area contributed by atoms with Crippen molar-refractivity contribution in [3.63, 3.8) is 0 Å². The maximum Gasteiger partial charge on any atom is 0.0726 e. The molecular formula is C64H45N. The number of benzene rings is 10. The fraction of sp³-hybridized carbons (Fsp3) is 0.0625. The van der Waals surface area contributed by atoms with Gasteiger partial charge in [-0.1, -0.05) is 196 Å². The van der Waals surface area contributed by atoms with Crippen LogP contribution in [0.5, 0.6) is 0 Å². The van der Waals surface area contributed by atoms with Gasteiger partial charge in [0, 0.05) is 22.5 Å². The van der Waals surface area contributed by atoms with Gasteiger partial charge in [0.15, 0.2) is 0 Å². The summed E-state index contributed by atoms with van der Waals surface area (Å²) in [6.45, 7) is 4.75. The van der Waals surface area contributed by atoms with Crippen LogP contribution in [0.25, 0.3) is 66.8 Å². The van der Waals surface area contributed by atoms with Crippen LogP contribution in [0, 0.1) is 0 Å². The molecule has 0 amide bonds. The van der Waals surface area contributed by atoms with Crippen LogP contribution in [0.1, 0.15) is 47.2 Å². The molecule has 10 aromatic carbocycles. The van der Waals surface area contributed by atoms with Crippen LogP contribution in [0.15, 0.2) is 237 Å². The van der Waals surface area contributed by atoms with Crippen LogP contribution in [-0.4, -0.2) is 0 Å². The van der Waals surface area contributed by atoms with E-state index in [1.54, 1.807) is 0 Å². The number of fused-ring (bicyclic) bond motifs is 13. The van der Waals surface area contributed by atoms with E-state index in [9.17, 15) is 0 Å². The predicted octanol–water partition coefficient (Wildman–Crippen LogP) is 16.8. The Morgan fingerprint density at radius 1 is 0.246 bits per heavy atom. The van der Waals surface area contributed by atoms with Gasteiger partial charge >= 0.3 is 0 Å². The smallest absolute Gasteiger partial charge is 0.0726 e. The molecule has 0 fully saturated rings. The Hall–Kier alpha value is -8.00. The highest BCUT2D eigenvalue weighted by Crippen LogP contribution is 2.63. The first-order valence-electron chi connectivity index (χ1n) is 22.8. The Bertz CT molecular complexity index is 3380. The van der Waals surface area contributed by atoms with E-state index in [1.165, 1.54) is 100 Å². The highest BCUT2D eigenvalue weighted by atomic mass is 15.1. The zero-order valence-electron chi connectivity index (χ0n) is 36.5.